The molecule has 0 saturated carbocycles. The summed E-state index contributed by atoms with van der Waals surface area (Å²) in [5.41, 5.74) is 2.27. The number of carbonyl (C=O) groups is 1. The Morgan fingerprint density at radius 1 is 0.939 bits per heavy atom. The fraction of sp³-hybridized carbons (Fsp3) is 0.269. The number of hydrogen-bond donors (Lipinski definition) is 3. The summed E-state index contributed by atoms with van der Waals surface area (Å²) in [4.78, 5) is 13.8. The van der Waals surface area contributed by atoms with Gasteiger partial charge >= 0.3 is 0 Å². The van der Waals surface area contributed by atoms with Crippen molar-refractivity contribution in [3.05, 3.63) is 101 Å². The van der Waals surface area contributed by atoms with Crippen LogP contribution >= 0.6 is 11.8 Å². The van der Waals surface area contributed by atoms with E-state index in [1.165, 1.54) is 12.1 Å². The summed E-state index contributed by atoms with van der Waals surface area (Å²) < 4.78 is 27.4. The van der Waals surface area contributed by atoms with Crippen molar-refractivity contribution in [2.75, 3.05) is 12.8 Å². The lowest BCUT2D eigenvalue weighted by molar-refractivity contribution is -0.122. The van der Waals surface area contributed by atoms with Crippen molar-refractivity contribution in [2.24, 2.45) is 0 Å². The Morgan fingerprint density at radius 2 is 1.61 bits per heavy atom. The third-order valence-electron chi connectivity index (χ3n) is 5.24. The minimum Gasteiger partial charge on any atom is -0.390 e. The molecule has 0 saturated heterocycles. The van der Waals surface area contributed by atoms with Gasteiger partial charge in [-0.3, -0.25) is 4.79 Å². The van der Waals surface area contributed by atoms with Gasteiger partial charge in [-0.05, 0) is 53.6 Å². The number of carbonyl (C=O) groups excluding carboxylic acids is 1. The van der Waals surface area contributed by atoms with Crippen LogP contribution in [0.25, 0.3) is 0 Å². The highest BCUT2D eigenvalue weighted by Crippen LogP contribution is 2.16. The van der Waals surface area contributed by atoms with Crippen molar-refractivity contribution in [1.29, 1.82) is 0 Å². The molecule has 0 heterocycles. The Hall–Kier alpha value is -2.74. The minimum atomic E-state index is -0.956. The second-order valence-electron chi connectivity index (χ2n) is 7.86. The average Bonchev–Trinajstić information content (AvgIpc) is 2.79. The second kappa shape index (κ2) is 12.5. The Balaban J connectivity index is 1.65. The third kappa shape index (κ3) is 8.28. The summed E-state index contributed by atoms with van der Waals surface area (Å²) in [5.74, 6) is -1.66. The monoisotopic (exact) mass is 470 g/mol. The van der Waals surface area contributed by atoms with Gasteiger partial charge in [-0.25, -0.2) is 8.78 Å². The summed E-state index contributed by atoms with van der Waals surface area (Å²) in [7, 11) is 0. The molecule has 3 rings (SSSR count). The third-order valence-corrected chi connectivity index (χ3v) is 5.98. The van der Waals surface area contributed by atoms with Crippen molar-refractivity contribution in [3.63, 3.8) is 0 Å². The summed E-state index contributed by atoms with van der Waals surface area (Å²) >= 11 is 1.62. The number of rotatable bonds is 11. The van der Waals surface area contributed by atoms with Crippen LogP contribution < -0.4 is 10.6 Å². The van der Waals surface area contributed by atoms with E-state index >= 15 is 0 Å². The molecule has 7 heteroatoms. The SMILES string of the molecule is CSc1ccc(CC(=O)N[C@H](Cc2cc(F)cc(F)c2)[C@H](O)CNCc2ccccc2)cc1. The fourth-order valence-electron chi connectivity index (χ4n) is 3.56. The molecule has 0 spiro atoms. The molecule has 1 amide bonds. The van der Waals surface area contributed by atoms with E-state index in [9.17, 15) is 18.7 Å². The van der Waals surface area contributed by atoms with Crippen molar-refractivity contribution in [2.45, 2.75) is 36.4 Å². The molecule has 0 aliphatic carbocycles. The number of hydrogen-bond acceptors (Lipinski definition) is 4. The van der Waals surface area contributed by atoms with Crippen LogP contribution in [-0.2, 0) is 24.2 Å². The Labute approximate surface area is 197 Å². The Kier molecular flexibility index (Phi) is 9.42. The van der Waals surface area contributed by atoms with Crippen molar-refractivity contribution >= 4 is 17.7 Å². The van der Waals surface area contributed by atoms with Gasteiger partial charge in [0, 0.05) is 24.1 Å². The van der Waals surface area contributed by atoms with E-state index in [-0.39, 0.29) is 25.3 Å². The zero-order valence-electron chi connectivity index (χ0n) is 18.4. The number of thioether (sulfide) groups is 1. The molecule has 4 nitrogen and oxygen atoms in total. The van der Waals surface area contributed by atoms with Gasteiger partial charge < -0.3 is 15.7 Å². The zero-order chi connectivity index (χ0) is 23.6. The number of nitrogens with one attached hydrogen (secondary N) is 2. The summed E-state index contributed by atoms with van der Waals surface area (Å²) in [6.07, 6.45) is 1.27. The van der Waals surface area contributed by atoms with E-state index in [4.69, 9.17) is 0 Å². The lowest BCUT2D eigenvalue weighted by Gasteiger charge is -2.25. The van der Waals surface area contributed by atoms with Gasteiger partial charge in [0.2, 0.25) is 5.91 Å². The van der Waals surface area contributed by atoms with Crippen LogP contribution in [0.2, 0.25) is 0 Å². The lowest BCUT2D eigenvalue weighted by atomic mass is 10.00. The van der Waals surface area contributed by atoms with E-state index < -0.39 is 23.8 Å². The molecule has 33 heavy (non-hydrogen) atoms. The van der Waals surface area contributed by atoms with E-state index in [0.29, 0.717) is 12.1 Å². The molecule has 3 N–H and O–H groups in total. The van der Waals surface area contributed by atoms with Crippen LogP contribution in [0.15, 0.2) is 77.7 Å². The topological polar surface area (TPSA) is 61.4 Å². The standard InChI is InChI=1S/C26H28F2N2O2S/c1-33-23-9-7-18(8-10-23)14-26(32)30-24(13-20-11-21(27)15-22(28)12-20)25(31)17-29-16-19-5-3-2-4-6-19/h2-12,15,24-25,29,31H,13-14,16-17H2,1H3,(H,30,32)/t24-,25-/m1/s1. The van der Waals surface area contributed by atoms with Crippen molar-refractivity contribution < 1.29 is 18.7 Å². The smallest absolute Gasteiger partial charge is 0.224 e. The normalized spacial score (nSPS) is 12.8. The first-order chi connectivity index (χ1) is 15.9. The molecule has 0 aromatic heterocycles. The maximum absolute atomic E-state index is 13.7. The molecule has 0 unspecified atom stereocenters. The van der Waals surface area contributed by atoms with Gasteiger partial charge in [0.15, 0.2) is 0 Å². The van der Waals surface area contributed by atoms with Gasteiger partial charge in [-0.1, -0.05) is 42.5 Å². The first kappa shape index (κ1) is 24.9. The maximum Gasteiger partial charge on any atom is 0.224 e. The maximum atomic E-state index is 13.7. The largest absolute Gasteiger partial charge is 0.390 e. The second-order valence-corrected chi connectivity index (χ2v) is 8.74. The number of benzene rings is 3. The molecule has 0 aliphatic heterocycles. The van der Waals surface area contributed by atoms with Crippen LogP contribution in [0.5, 0.6) is 0 Å². The molecule has 0 bridgehead atoms. The van der Waals surface area contributed by atoms with Crippen molar-refractivity contribution in [1.82, 2.24) is 10.6 Å². The van der Waals surface area contributed by atoms with E-state index in [1.807, 2.05) is 60.9 Å². The highest BCUT2D eigenvalue weighted by molar-refractivity contribution is 7.98. The quantitative estimate of drug-likeness (QED) is 0.369. The summed E-state index contributed by atoms with van der Waals surface area (Å²) in [6.45, 7) is 0.759. The highest BCUT2D eigenvalue weighted by Gasteiger charge is 2.22. The Morgan fingerprint density at radius 3 is 2.24 bits per heavy atom. The van der Waals surface area contributed by atoms with Gasteiger partial charge in [-0.15, -0.1) is 11.8 Å². The van der Waals surface area contributed by atoms with Gasteiger partial charge in [0.1, 0.15) is 11.6 Å². The van der Waals surface area contributed by atoms with E-state index in [2.05, 4.69) is 10.6 Å². The van der Waals surface area contributed by atoms with E-state index in [0.717, 1.165) is 22.1 Å². The fourth-order valence-corrected chi connectivity index (χ4v) is 3.96. The minimum absolute atomic E-state index is 0.0972. The molecule has 2 atom stereocenters. The summed E-state index contributed by atoms with van der Waals surface area (Å²) in [5, 5.41) is 16.8. The molecule has 3 aromatic carbocycles. The number of aliphatic hydroxyl groups excluding tert-OH is 1. The first-order valence-electron chi connectivity index (χ1n) is 10.7. The first-order valence-corrected chi connectivity index (χ1v) is 12.0. The number of aliphatic hydroxyl groups is 1. The number of halogens is 2. The predicted molar refractivity (Wildman–Crippen MR) is 128 cm³/mol. The van der Waals surface area contributed by atoms with Crippen LogP contribution in [-0.4, -0.2) is 36.0 Å². The highest BCUT2D eigenvalue weighted by atomic mass is 32.2. The van der Waals surface area contributed by atoms with Crippen molar-refractivity contribution in [3.8, 4) is 0 Å². The average molecular weight is 471 g/mol. The van der Waals surface area contributed by atoms with Gasteiger partial charge in [0.25, 0.3) is 0 Å². The van der Waals surface area contributed by atoms with Crippen LogP contribution in [0.3, 0.4) is 0 Å². The number of amides is 1. The molecule has 0 fully saturated rings. The van der Waals surface area contributed by atoms with Gasteiger partial charge in [0.05, 0.1) is 18.6 Å². The van der Waals surface area contributed by atoms with Crippen LogP contribution in [0.4, 0.5) is 8.78 Å². The lowest BCUT2D eigenvalue weighted by Crippen LogP contribution is -2.49. The van der Waals surface area contributed by atoms with Crippen LogP contribution in [0, 0.1) is 11.6 Å². The molecule has 0 radical (unpaired) electrons. The predicted octanol–water partition coefficient (Wildman–Crippen LogP) is 4.11. The van der Waals surface area contributed by atoms with Crippen LogP contribution in [0.1, 0.15) is 16.7 Å². The Bertz CT molecular complexity index is 1010. The summed E-state index contributed by atoms with van der Waals surface area (Å²) in [6, 6.07) is 19.9. The molecular weight excluding hydrogens is 442 g/mol. The molecule has 0 aliphatic rings. The zero-order valence-corrected chi connectivity index (χ0v) is 19.2. The molecular formula is C26H28F2N2O2S. The molecule has 174 valence electrons. The molecule has 3 aromatic rings. The van der Waals surface area contributed by atoms with Gasteiger partial charge in [-0.2, -0.15) is 0 Å². The van der Waals surface area contributed by atoms with E-state index in [1.54, 1.807) is 11.8 Å².